The predicted molar refractivity (Wildman–Crippen MR) is 82.4 cm³/mol. The first-order valence-electron chi connectivity index (χ1n) is 6.90. The van der Waals surface area contributed by atoms with E-state index in [1.165, 1.54) is 13.0 Å². The van der Waals surface area contributed by atoms with Gasteiger partial charge in [-0.3, -0.25) is 4.79 Å². The fourth-order valence-corrected chi connectivity index (χ4v) is 2.54. The number of rotatable bonds is 4. The maximum Gasteiger partial charge on any atom is 0.242 e. The Balaban J connectivity index is 2.17. The molecule has 1 saturated heterocycles. The summed E-state index contributed by atoms with van der Waals surface area (Å²) in [5, 5.41) is 1.26. The molecule has 1 aliphatic heterocycles. The van der Waals surface area contributed by atoms with Gasteiger partial charge in [0.05, 0.1) is 13.2 Å². The number of benzene rings is 1. The maximum atomic E-state index is 13.7. The predicted octanol–water partition coefficient (Wildman–Crippen LogP) is 1.03. The number of nitrogens with zero attached hydrogens (tertiary/aromatic N) is 1. The molecule has 0 aliphatic carbocycles. The van der Waals surface area contributed by atoms with Gasteiger partial charge in [-0.25, -0.2) is 12.8 Å². The van der Waals surface area contributed by atoms with Crippen molar-refractivity contribution in [2.75, 3.05) is 42.8 Å². The molecular weight excluding hydrogens is 311 g/mol. The van der Waals surface area contributed by atoms with E-state index in [0.29, 0.717) is 32.0 Å². The van der Waals surface area contributed by atoms with Crippen LogP contribution in [0, 0.1) is 5.82 Å². The number of carbonyl (C=O) groups excluding carboxylic acids is 1. The van der Waals surface area contributed by atoms with E-state index in [1.807, 2.05) is 4.90 Å². The van der Waals surface area contributed by atoms with Gasteiger partial charge in [0.1, 0.15) is 11.1 Å². The van der Waals surface area contributed by atoms with Crippen LogP contribution in [0.4, 0.5) is 15.8 Å². The summed E-state index contributed by atoms with van der Waals surface area (Å²) in [5.74, 6) is -1.17. The fraction of sp³-hybridized carbons (Fsp3) is 0.500. The van der Waals surface area contributed by atoms with Gasteiger partial charge in [0, 0.05) is 30.7 Å². The van der Waals surface area contributed by atoms with Crippen molar-refractivity contribution in [1.29, 1.82) is 0 Å². The number of halogens is 1. The van der Waals surface area contributed by atoms with Gasteiger partial charge in [0.2, 0.25) is 5.91 Å². The van der Waals surface area contributed by atoms with Crippen LogP contribution in [0.5, 0.6) is 0 Å². The molecule has 0 saturated carbocycles. The zero-order chi connectivity index (χ0) is 16.3. The highest BCUT2D eigenvalue weighted by Crippen LogP contribution is 2.23. The first-order chi connectivity index (χ1) is 10.3. The Morgan fingerprint density at radius 1 is 1.32 bits per heavy atom. The molecule has 122 valence electrons. The minimum atomic E-state index is -3.50. The SMILES string of the molecule is CC(C(=O)Nc1cc(F)cc(N2CCOCC2)c1)S(C)(=O)=O. The van der Waals surface area contributed by atoms with E-state index in [-0.39, 0.29) is 5.69 Å². The lowest BCUT2D eigenvalue weighted by atomic mass is 10.2. The molecule has 8 heteroatoms. The quantitative estimate of drug-likeness (QED) is 0.892. The lowest BCUT2D eigenvalue weighted by Gasteiger charge is -2.29. The van der Waals surface area contributed by atoms with Crippen LogP contribution < -0.4 is 10.2 Å². The van der Waals surface area contributed by atoms with E-state index in [0.717, 1.165) is 12.3 Å². The van der Waals surface area contributed by atoms with E-state index < -0.39 is 26.8 Å². The average molecular weight is 330 g/mol. The topological polar surface area (TPSA) is 75.7 Å². The molecule has 1 N–H and O–H groups in total. The third kappa shape index (κ3) is 4.17. The molecule has 1 unspecified atom stereocenters. The standard InChI is InChI=1S/C14H19FN2O4S/c1-10(22(2,19)20)14(18)16-12-7-11(15)8-13(9-12)17-3-5-21-6-4-17/h7-10H,3-6H2,1-2H3,(H,16,18). The molecule has 1 atom stereocenters. The molecule has 1 heterocycles. The Bertz CT molecular complexity index is 657. The first kappa shape index (κ1) is 16.7. The molecule has 1 aliphatic rings. The smallest absolute Gasteiger partial charge is 0.242 e. The molecule has 6 nitrogen and oxygen atoms in total. The minimum absolute atomic E-state index is 0.238. The third-order valence-corrected chi connectivity index (χ3v) is 5.04. The summed E-state index contributed by atoms with van der Waals surface area (Å²) >= 11 is 0. The van der Waals surface area contributed by atoms with E-state index >= 15 is 0 Å². The van der Waals surface area contributed by atoms with Crippen LogP contribution in [-0.4, -0.2) is 52.1 Å². The molecule has 0 aromatic heterocycles. The van der Waals surface area contributed by atoms with Gasteiger partial charge in [0.25, 0.3) is 0 Å². The summed E-state index contributed by atoms with van der Waals surface area (Å²) in [6, 6.07) is 4.17. The number of amides is 1. The lowest BCUT2D eigenvalue weighted by Crippen LogP contribution is -2.36. The molecule has 1 aromatic rings. The van der Waals surface area contributed by atoms with E-state index in [9.17, 15) is 17.6 Å². The van der Waals surface area contributed by atoms with Crippen molar-refractivity contribution in [3.63, 3.8) is 0 Å². The van der Waals surface area contributed by atoms with Crippen molar-refractivity contribution >= 4 is 27.1 Å². The van der Waals surface area contributed by atoms with E-state index in [2.05, 4.69) is 5.32 Å². The number of hydrogen-bond donors (Lipinski definition) is 1. The summed E-state index contributed by atoms with van der Waals surface area (Å²) in [5.41, 5.74) is 0.868. The second-order valence-electron chi connectivity index (χ2n) is 5.26. The highest BCUT2D eigenvalue weighted by atomic mass is 32.2. The zero-order valence-electron chi connectivity index (χ0n) is 12.5. The van der Waals surface area contributed by atoms with Crippen molar-refractivity contribution in [2.45, 2.75) is 12.2 Å². The summed E-state index contributed by atoms with van der Waals surface area (Å²) in [6.45, 7) is 3.69. The van der Waals surface area contributed by atoms with Crippen LogP contribution in [0.1, 0.15) is 6.92 Å². The molecule has 1 amide bonds. The molecule has 2 rings (SSSR count). The van der Waals surface area contributed by atoms with Gasteiger partial charge in [0.15, 0.2) is 9.84 Å². The number of ether oxygens (including phenoxy) is 1. The molecule has 1 aromatic carbocycles. The third-order valence-electron chi connectivity index (χ3n) is 3.54. The van der Waals surface area contributed by atoms with Gasteiger partial charge >= 0.3 is 0 Å². The molecule has 22 heavy (non-hydrogen) atoms. The highest BCUT2D eigenvalue weighted by molar-refractivity contribution is 7.92. The van der Waals surface area contributed by atoms with Crippen LogP contribution in [0.2, 0.25) is 0 Å². The molecule has 1 fully saturated rings. The second-order valence-corrected chi connectivity index (χ2v) is 7.62. The van der Waals surface area contributed by atoms with Crippen LogP contribution in [0.25, 0.3) is 0 Å². The Morgan fingerprint density at radius 2 is 1.95 bits per heavy atom. The summed E-state index contributed by atoms with van der Waals surface area (Å²) < 4.78 is 41.8. The van der Waals surface area contributed by atoms with Crippen LogP contribution in [0.3, 0.4) is 0 Å². The first-order valence-corrected chi connectivity index (χ1v) is 8.86. The summed E-state index contributed by atoms with van der Waals surface area (Å²) in [4.78, 5) is 13.9. The number of anilines is 2. The summed E-state index contributed by atoms with van der Waals surface area (Å²) in [6.07, 6.45) is 0.988. The minimum Gasteiger partial charge on any atom is -0.378 e. The lowest BCUT2D eigenvalue weighted by molar-refractivity contribution is -0.115. The molecule has 0 spiro atoms. The van der Waals surface area contributed by atoms with E-state index in [4.69, 9.17) is 4.74 Å². The number of sulfone groups is 1. The fourth-order valence-electron chi connectivity index (χ4n) is 2.09. The molecule has 0 radical (unpaired) electrons. The van der Waals surface area contributed by atoms with Crippen LogP contribution in [-0.2, 0) is 19.4 Å². The summed E-state index contributed by atoms with van der Waals surface area (Å²) in [7, 11) is -3.50. The highest BCUT2D eigenvalue weighted by Gasteiger charge is 2.24. The Morgan fingerprint density at radius 3 is 2.55 bits per heavy atom. The number of hydrogen-bond acceptors (Lipinski definition) is 5. The van der Waals surface area contributed by atoms with Crippen LogP contribution in [0.15, 0.2) is 18.2 Å². The van der Waals surface area contributed by atoms with Gasteiger partial charge in [-0.05, 0) is 25.1 Å². The van der Waals surface area contributed by atoms with Gasteiger partial charge in [-0.1, -0.05) is 0 Å². The normalized spacial score (nSPS) is 17.1. The van der Waals surface area contributed by atoms with Crippen molar-refractivity contribution < 1.29 is 22.3 Å². The second kappa shape index (κ2) is 6.62. The van der Waals surface area contributed by atoms with Crippen molar-refractivity contribution in [2.24, 2.45) is 0 Å². The number of carbonyl (C=O) groups is 1. The Kier molecular flexibility index (Phi) is 5.02. The number of nitrogens with one attached hydrogen (secondary N) is 1. The Hall–Kier alpha value is -1.67. The average Bonchev–Trinajstić information content (AvgIpc) is 2.45. The maximum absolute atomic E-state index is 13.7. The molecular formula is C14H19FN2O4S. The van der Waals surface area contributed by atoms with Gasteiger partial charge in [-0.2, -0.15) is 0 Å². The Labute approximate surface area is 129 Å². The molecule has 0 bridgehead atoms. The van der Waals surface area contributed by atoms with Crippen molar-refractivity contribution in [3.8, 4) is 0 Å². The van der Waals surface area contributed by atoms with Crippen molar-refractivity contribution in [1.82, 2.24) is 0 Å². The van der Waals surface area contributed by atoms with Gasteiger partial charge in [-0.15, -0.1) is 0 Å². The zero-order valence-corrected chi connectivity index (χ0v) is 13.3. The van der Waals surface area contributed by atoms with E-state index in [1.54, 1.807) is 6.07 Å². The van der Waals surface area contributed by atoms with Gasteiger partial charge < -0.3 is 15.0 Å². The van der Waals surface area contributed by atoms with Crippen molar-refractivity contribution in [3.05, 3.63) is 24.0 Å². The largest absolute Gasteiger partial charge is 0.378 e. The monoisotopic (exact) mass is 330 g/mol. The number of morpholine rings is 1. The van der Waals surface area contributed by atoms with Crippen LogP contribution >= 0.6 is 0 Å².